The predicted octanol–water partition coefficient (Wildman–Crippen LogP) is 7.38. The molecule has 6 rings (SSSR count). The molecule has 3 aliphatic rings. The molecule has 5 heteroatoms. The highest BCUT2D eigenvalue weighted by Crippen LogP contribution is 2.38. The zero-order valence-electron chi connectivity index (χ0n) is 24.5. The van der Waals surface area contributed by atoms with E-state index in [9.17, 15) is 0 Å². The number of nitrogens with one attached hydrogen (secondary N) is 1. The van der Waals surface area contributed by atoms with Crippen LogP contribution in [-0.2, 0) is 0 Å². The van der Waals surface area contributed by atoms with E-state index in [0.29, 0.717) is 5.92 Å². The van der Waals surface area contributed by atoms with E-state index in [1.54, 1.807) is 14.2 Å². The fourth-order valence-electron chi connectivity index (χ4n) is 7.70. The molecule has 5 nitrogen and oxygen atoms in total. The van der Waals surface area contributed by atoms with Gasteiger partial charge in [0.15, 0.2) is 11.5 Å². The van der Waals surface area contributed by atoms with Crippen molar-refractivity contribution in [3.8, 4) is 22.8 Å². The van der Waals surface area contributed by atoms with Crippen molar-refractivity contribution >= 4 is 10.9 Å². The number of likely N-dealkylation sites (tertiary alicyclic amines) is 2. The van der Waals surface area contributed by atoms with Crippen LogP contribution in [0.15, 0.2) is 36.4 Å². The van der Waals surface area contributed by atoms with Gasteiger partial charge in [-0.25, -0.2) is 0 Å². The molecule has 0 bridgehead atoms. The van der Waals surface area contributed by atoms with Crippen molar-refractivity contribution in [3.05, 3.63) is 47.5 Å². The standard InChI is InChI=1S/C34H47N3O2/c1-23-5-9-28(10-6-23)37-19-15-29(16-20-37)36-17-13-25(14-18-36)26-7-11-31-30(21-26)24(2)34(35-31)27-8-12-32(38-3)33(22-27)39-4/h7-8,11-12,21-23,25,28-29,35H,5-6,9-10,13-20H2,1-4H3. The number of H-pyrrole nitrogens is 1. The lowest BCUT2D eigenvalue weighted by atomic mass is 9.85. The lowest BCUT2D eigenvalue weighted by molar-refractivity contribution is 0.0544. The van der Waals surface area contributed by atoms with Gasteiger partial charge in [0.2, 0.25) is 0 Å². The van der Waals surface area contributed by atoms with Crippen LogP contribution in [0.4, 0.5) is 0 Å². The minimum Gasteiger partial charge on any atom is -0.493 e. The second kappa shape index (κ2) is 11.5. The van der Waals surface area contributed by atoms with Crippen LogP contribution in [0.3, 0.4) is 0 Å². The molecular formula is C34H47N3O2. The lowest BCUT2D eigenvalue weighted by Crippen LogP contribution is -2.50. The summed E-state index contributed by atoms with van der Waals surface area (Å²) in [5, 5.41) is 1.34. The Kier molecular flexibility index (Phi) is 7.91. The number of piperidine rings is 2. The molecule has 2 aromatic carbocycles. The number of hydrogen-bond donors (Lipinski definition) is 1. The number of benzene rings is 2. The molecule has 210 valence electrons. The molecule has 1 N–H and O–H groups in total. The van der Waals surface area contributed by atoms with Crippen molar-refractivity contribution in [1.29, 1.82) is 0 Å². The molecule has 0 atom stereocenters. The molecule has 3 heterocycles. The van der Waals surface area contributed by atoms with E-state index in [2.05, 4.69) is 59.0 Å². The Bertz CT molecular complexity index is 1260. The summed E-state index contributed by atoms with van der Waals surface area (Å²) in [5.74, 6) is 3.12. The Morgan fingerprint density at radius 3 is 2.03 bits per heavy atom. The molecule has 0 amide bonds. The highest BCUT2D eigenvalue weighted by atomic mass is 16.5. The van der Waals surface area contributed by atoms with E-state index < -0.39 is 0 Å². The highest BCUT2D eigenvalue weighted by molar-refractivity contribution is 5.91. The third-order valence-corrected chi connectivity index (χ3v) is 10.3. The molecule has 2 saturated heterocycles. The zero-order valence-corrected chi connectivity index (χ0v) is 24.5. The van der Waals surface area contributed by atoms with Crippen LogP contribution in [0.5, 0.6) is 11.5 Å². The fraction of sp³-hybridized carbons (Fsp3) is 0.588. The fourth-order valence-corrected chi connectivity index (χ4v) is 7.70. The number of nitrogens with zero attached hydrogens (tertiary/aromatic N) is 2. The van der Waals surface area contributed by atoms with Gasteiger partial charge in [-0.1, -0.05) is 13.0 Å². The van der Waals surface area contributed by atoms with Crippen molar-refractivity contribution < 1.29 is 9.47 Å². The quantitative estimate of drug-likeness (QED) is 0.362. The summed E-state index contributed by atoms with van der Waals surface area (Å²) < 4.78 is 11.0. The maximum Gasteiger partial charge on any atom is 0.161 e. The molecule has 0 radical (unpaired) electrons. The molecule has 0 spiro atoms. The number of rotatable bonds is 6. The Morgan fingerprint density at radius 1 is 0.718 bits per heavy atom. The summed E-state index contributed by atoms with van der Waals surface area (Å²) in [6.45, 7) is 9.79. The lowest BCUT2D eigenvalue weighted by Gasteiger charge is -2.45. The van der Waals surface area contributed by atoms with Crippen molar-refractivity contribution in [2.75, 3.05) is 40.4 Å². The van der Waals surface area contributed by atoms with Crippen LogP contribution in [-0.4, -0.2) is 67.3 Å². The molecule has 3 fully saturated rings. The normalized spacial score (nSPS) is 24.3. The third kappa shape index (κ3) is 5.45. The Labute approximate surface area is 234 Å². The molecule has 3 aromatic rings. The van der Waals surface area contributed by atoms with Gasteiger partial charge in [0.05, 0.1) is 14.2 Å². The maximum absolute atomic E-state index is 5.55. The molecule has 1 aliphatic carbocycles. The number of ether oxygens (including phenoxy) is 2. The van der Waals surface area contributed by atoms with Crippen molar-refractivity contribution in [2.24, 2.45) is 5.92 Å². The van der Waals surface area contributed by atoms with Gasteiger partial charge in [-0.05, 0) is 138 Å². The number of aromatic amines is 1. The van der Waals surface area contributed by atoms with Gasteiger partial charge in [0, 0.05) is 34.2 Å². The van der Waals surface area contributed by atoms with E-state index in [0.717, 1.165) is 40.8 Å². The number of methoxy groups -OCH3 is 2. The Hall–Kier alpha value is -2.50. The van der Waals surface area contributed by atoms with Crippen LogP contribution in [0.1, 0.15) is 75.3 Å². The van der Waals surface area contributed by atoms with E-state index in [1.807, 2.05) is 6.07 Å². The summed E-state index contributed by atoms with van der Waals surface area (Å²) in [6.07, 6.45) is 11.0. The van der Waals surface area contributed by atoms with Gasteiger partial charge in [-0.2, -0.15) is 0 Å². The third-order valence-electron chi connectivity index (χ3n) is 10.3. The number of hydrogen-bond acceptors (Lipinski definition) is 4. The Morgan fingerprint density at radius 2 is 1.36 bits per heavy atom. The molecular weight excluding hydrogens is 482 g/mol. The van der Waals surface area contributed by atoms with Crippen molar-refractivity contribution in [3.63, 3.8) is 0 Å². The predicted molar refractivity (Wildman–Crippen MR) is 161 cm³/mol. The second-order valence-electron chi connectivity index (χ2n) is 12.5. The highest BCUT2D eigenvalue weighted by Gasteiger charge is 2.32. The largest absolute Gasteiger partial charge is 0.493 e. The van der Waals surface area contributed by atoms with Crippen molar-refractivity contribution in [2.45, 2.75) is 83.2 Å². The first-order valence-electron chi connectivity index (χ1n) is 15.4. The molecule has 0 unspecified atom stereocenters. The summed E-state index contributed by atoms with van der Waals surface area (Å²) in [6, 6.07) is 14.9. The summed E-state index contributed by atoms with van der Waals surface area (Å²) in [4.78, 5) is 9.33. The molecule has 39 heavy (non-hydrogen) atoms. The number of aryl methyl sites for hydroxylation is 1. The zero-order chi connectivity index (χ0) is 26.9. The summed E-state index contributed by atoms with van der Waals surface area (Å²) in [7, 11) is 3.37. The van der Waals surface area contributed by atoms with Gasteiger partial charge >= 0.3 is 0 Å². The van der Waals surface area contributed by atoms with Gasteiger partial charge in [0.25, 0.3) is 0 Å². The summed E-state index contributed by atoms with van der Waals surface area (Å²) >= 11 is 0. The van der Waals surface area contributed by atoms with E-state index in [-0.39, 0.29) is 0 Å². The monoisotopic (exact) mass is 529 g/mol. The first-order chi connectivity index (χ1) is 19.0. The summed E-state index contributed by atoms with van der Waals surface area (Å²) in [5.41, 5.74) is 6.30. The van der Waals surface area contributed by atoms with E-state index >= 15 is 0 Å². The first kappa shape index (κ1) is 26.7. The van der Waals surface area contributed by atoms with E-state index in [1.165, 1.54) is 99.6 Å². The van der Waals surface area contributed by atoms with Gasteiger partial charge < -0.3 is 24.3 Å². The molecule has 1 aromatic heterocycles. The molecule has 1 saturated carbocycles. The maximum atomic E-state index is 5.55. The van der Waals surface area contributed by atoms with Gasteiger partial charge in [-0.3, -0.25) is 0 Å². The van der Waals surface area contributed by atoms with Crippen LogP contribution < -0.4 is 9.47 Å². The number of aromatic nitrogens is 1. The van der Waals surface area contributed by atoms with Crippen LogP contribution in [0.2, 0.25) is 0 Å². The average Bonchev–Trinajstić information content (AvgIpc) is 3.33. The first-order valence-corrected chi connectivity index (χ1v) is 15.4. The Balaban J connectivity index is 1.08. The van der Waals surface area contributed by atoms with Gasteiger partial charge in [-0.15, -0.1) is 0 Å². The molecule has 2 aliphatic heterocycles. The average molecular weight is 530 g/mol. The van der Waals surface area contributed by atoms with Crippen molar-refractivity contribution in [1.82, 2.24) is 14.8 Å². The minimum atomic E-state index is 0.661. The van der Waals surface area contributed by atoms with Crippen LogP contribution >= 0.6 is 0 Å². The SMILES string of the molecule is COc1ccc(-c2[nH]c3ccc(C4CCN(C5CCN(C6CCC(C)CC6)CC5)CC4)cc3c2C)cc1OC. The smallest absolute Gasteiger partial charge is 0.161 e. The number of fused-ring (bicyclic) bond motifs is 1. The van der Waals surface area contributed by atoms with Crippen LogP contribution in [0, 0.1) is 12.8 Å². The topological polar surface area (TPSA) is 40.7 Å². The minimum absolute atomic E-state index is 0.661. The second-order valence-corrected chi connectivity index (χ2v) is 12.5. The van der Waals surface area contributed by atoms with Crippen LogP contribution in [0.25, 0.3) is 22.2 Å². The van der Waals surface area contributed by atoms with Gasteiger partial charge in [0.1, 0.15) is 0 Å². The van der Waals surface area contributed by atoms with E-state index in [4.69, 9.17) is 9.47 Å².